The molecule has 1 aliphatic rings. The van der Waals surface area contributed by atoms with Gasteiger partial charge in [-0.15, -0.1) is 0 Å². The molecule has 0 saturated carbocycles. The second-order valence-electron chi connectivity index (χ2n) is 5.55. The Kier molecular flexibility index (Phi) is 4.42. The van der Waals surface area contributed by atoms with Crippen molar-refractivity contribution in [3.05, 3.63) is 29.6 Å². The summed E-state index contributed by atoms with van der Waals surface area (Å²) in [6, 6.07) is 5.31. The fourth-order valence-electron chi connectivity index (χ4n) is 2.49. The lowest BCUT2D eigenvalue weighted by Gasteiger charge is -2.40. The van der Waals surface area contributed by atoms with Crippen LogP contribution in [-0.4, -0.2) is 31.8 Å². The van der Waals surface area contributed by atoms with Gasteiger partial charge in [0.2, 0.25) is 0 Å². The van der Waals surface area contributed by atoms with Crippen molar-refractivity contribution < 1.29 is 9.13 Å². The summed E-state index contributed by atoms with van der Waals surface area (Å²) in [5, 5.41) is 3.21. The Hall–Kier alpha value is -1.13. The van der Waals surface area contributed by atoms with E-state index in [2.05, 4.69) is 24.1 Å². The number of anilines is 1. The van der Waals surface area contributed by atoms with E-state index in [1.165, 1.54) is 6.07 Å². The number of rotatable bonds is 4. The lowest BCUT2D eigenvalue weighted by molar-refractivity contribution is -0.0277. The average molecular weight is 266 g/mol. The lowest BCUT2D eigenvalue weighted by Crippen LogP contribution is -2.48. The van der Waals surface area contributed by atoms with E-state index in [0.29, 0.717) is 13.2 Å². The molecule has 1 aromatic carbocycles. The first-order valence-corrected chi connectivity index (χ1v) is 6.90. The molecule has 0 unspecified atom stereocenters. The third kappa shape index (κ3) is 3.45. The summed E-state index contributed by atoms with van der Waals surface area (Å²) in [4.78, 5) is 2.22. The molecule has 0 amide bonds. The largest absolute Gasteiger partial charge is 0.372 e. The Morgan fingerprint density at radius 1 is 1.42 bits per heavy atom. The minimum atomic E-state index is -0.181. The molecule has 0 aromatic heterocycles. The molecule has 1 aliphatic heterocycles. The molecule has 4 heteroatoms. The van der Waals surface area contributed by atoms with Gasteiger partial charge in [-0.25, -0.2) is 4.39 Å². The number of hydrogen-bond acceptors (Lipinski definition) is 3. The van der Waals surface area contributed by atoms with Crippen molar-refractivity contribution in [2.24, 2.45) is 0 Å². The van der Waals surface area contributed by atoms with E-state index < -0.39 is 0 Å². The van der Waals surface area contributed by atoms with Crippen LogP contribution in [0.5, 0.6) is 0 Å². The lowest BCUT2D eigenvalue weighted by atomic mass is 10.0. The zero-order valence-electron chi connectivity index (χ0n) is 12.0. The smallest absolute Gasteiger partial charge is 0.129 e. The van der Waals surface area contributed by atoms with Crippen LogP contribution in [0.15, 0.2) is 18.2 Å². The van der Waals surface area contributed by atoms with Gasteiger partial charge in [0.25, 0.3) is 0 Å². The van der Waals surface area contributed by atoms with Crippen LogP contribution in [0.3, 0.4) is 0 Å². The van der Waals surface area contributed by atoms with Crippen LogP contribution in [0.25, 0.3) is 0 Å². The van der Waals surface area contributed by atoms with Crippen molar-refractivity contribution in [3.8, 4) is 0 Å². The summed E-state index contributed by atoms with van der Waals surface area (Å²) in [6.45, 7) is 9.85. The van der Waals surface area contributed by atoms with Crippen LogP contribution in [0.2, 0.25) is 0 Å². The summed E-state index contributed by atoms with van der Waals surface area (Å²) >= 11 is 0. The molecule has 3 nitrogen and oxygen atoms in total. The van der Waals surface area contributed by atoms with E-state index in [1.54, 1.807) is 6.07 Å². The van der Waals surface area contributed by atoms with E-state index in [9.17, 15) is 4.39 Å². The topological polar surface area (TPSA) is 24.5 Å². The zero-order valence-corrected chi connectivity index (χ0v) is 12.0. The van der Waals surface area contributed by atoms with E-state index in [-0.39, 0.29) is 11.4 Å². The molecule has 1 aromatic rings. The Balaban J connectivity index is 2.25. The van der Waals surface area contributed by atoms with Gasteiger partial charge in [0.15, 0.2) is 0 Å². The summed E-state index contributed by atoms with van der Waals surface area (Å²) in [6.07, 6.45) is 0. The number of ether oxygens (including phenoxy) is 1. The van der Waals surface area contributed by atoms with E-state index in [4.69, 9.17) is 4.74 Å². The molecule has 1 saturated heterocycles. The van der Waals surface area contributed by atoms with Crippen molar-refractivity contribution in [1.82, 2.24) is 5.32 Å². The highest BCUT2D eigenvalue weighted by Gasteiger charge is 2.28. The van der Waals surface area contributed by atoms with E-state index in [1.807, 2.05) is 13.0 Å². The summed E-state index contributed by atoms with van der Waals surface area (Å²) in [5.41, 5.74) is 1.55. The van der Waals surface area contributed by atoms with Gasteiger partial charge in [-0.3, -0.25) is 0 Å². The maximum Gasteiger partial charge on any atom is 0.129 e. The molecular formula is C15H23FN2O. The Labute approximate surface area is 114 Å². The van der Waals surface area contributed by atoms with Crippen molar-refractivity contribution in [1.29, 1.82) is 0 Å². The van der Waals surface area contributed by atoms with E-state index in [0.717, 1.165) is 30.9 Å². The average Bonchev–Trinajstić information content (AvgIpc) is 2.36. The first-order valence-electron chi connectivity index (χ1n) is 6.90. The first-order chi connectivity index (χ1) is 9.03. The van der Waals surface area contributed by atoms with Gasteiger partial charge in [-0.2, -0.15) is 0 Å². The quantitative estimate of drug-likeness (QED) is 0.906. The molecule has 0 aliphatic carbocycles. The molecule has 0 radical (unpaired) electrons. The van der Waals surface area contributed by atoms with Crippen LogP contribution >= 0.6 is 0 Å². The number of hydrogen-bond donors (Lipinski definition) is 1. The van der Waals surface area contributed by atoms with Crippen LogP contribution in [-0.2, 0) is 11.3 Å². The fourth-order valence-corrected chi connectivity index (χ4v) is 2.49. The molecule has 0 spiro atoms. The molecule has 19 heavy (non-hydrogen) atoms. The maximum absolute atomic E-state index is 14.0. The van der Waals surface area contributed by atoms with Gasteiger partial charge in [0.1, 0.15) is 5.82 Å². The van der Waals surface area contributed by atoms with Crippen molar-refractivity contribution in [2.45, 2.75) is 32.9 Å². The maximum atomic E-state index is 14.0. The van der Waals surface area contributed by atoms with Crippen LogP contribution in [0, 0.1) is 5.82 Å². The Bertz CT molecular complexity index is 434. The van der Waals surface area contributed by atoms with E-state index >= 15 is 0 Å². The predicted octanol–water partition coefficient (Wildman–Crippen LogP) is 2.55. The van der Waals surface area contributed by atoms with Gasteiger partial charge in [0, 0.05) is 30.9 Å². The minimum Gasteiger partial charge on any atom is -0.372 e. The highest BCUT2D eigenvalue weighted by atomic mass is 19.1. The molecule has 0 atom stereocenters. The monoisotopic (exact) mass is 266 g/mol. The summed E-state index contributed by atoms with van der Waals surface area (Å²) in [5.74, 6) is -0.136. The van der Waals surface area contributed by atoms with Crippen LogP contribution in [0.4, 0.5) is 10.1 Å². The number of benzene rings is 1. The van der Waals surface area contributed by atoms with Gasteiger partial charge < -0.3 is 15.0 Å². The Morgan fingerprint density at radius 2 is 2.21 bits per heavy atom. The zero-order chi connectivity index (χ0) is 13.9. The highest BCUT2D eigenvalue weighted by Crippen LogP contribution is 2.27. The summed E-state index contributed by atoms with van der Waals surface area (Å²) < 4.78 is 19.7. The summed E-state index contributed by atoms with van der Waals surface area (Å²) in [7, 11) is 0. The second kappa shape index (κ2) is 5.88. The SMILES string of the molecule is CCNCc1c(F)cccc1N1CCOC(C)(C)C1. The molecule has 0 bridgehead atoms. The predicted molar refractivity (Wildman–Crippen MR) is 76.0 cm³/mol. The fraction of sp³-hybridized carbons (Fsp3) is 0.600. The normalized spacial score (nSPS) is 18.6. The number of halogens is 1. The van der Waals surface area contributed by atoms with Crippen LogP contribution < -0.4 is 10.2 Å². The first kappa shape index (κ1) is 14.3. The minimum absolute atomic E-state index is 0.136. The van der Waals surface area contributed by atoms with Crippen molar-refractivity contribution in [3.63, 3.8) is 0 Å². The van der Waals surface area contributed by atoms with Crippen molar-refractivity contribution in [2.75, 3.05) is 31.1 Å². The van der Waals surface area contributed by atoms with Crippen LogP contribution in [0.1, 0.15) is 26.3 Å². The number of nitrogens with one attached hydrogen (secondary N) is 1. The number of nitrogens with zero attached hydrogens (tertiary/aromatic N) is 1. The third-order valence-corrected chi connectivity index (χ3v) is 3.41. The standard InChI is InChI=1S/C15H23FN2O/c1-4-17-10-12-13(16)6-5-7-14(12)18-8-9-19-15(2,3)11-18/h5-7,17H,4,8-11H2,1-3H3. The molecule has 1 N–H and O–H groups in total. The van der Waals surface area contributed by atoms with Gasteiger partial charge in [-0.1, -0.05) is 13.0 Å². The molecule has 1 fully saturated rings. The Morgan fingerprint density at radius 3 is 2.89 bits per heavy atom. The van der Waals surface area contributed by atoms with Crippen molar-refractivity contribution >= 4 is 5.69 Å². The second-order valence-corrected chi connectivity index (χ2v) is 5.55. The molecule has 106 valence electrons. The number of morpholine rings is 1. The third-order valence-electron chi connectivity index (χ3n) is 3.41. The molecule has 1 heterocycles. The molecular weight excluding hydrogens is 243 g/mol. The van der Waals surface area contributed by atoms with Gasteiger partial charge in [0.05, 0.1) is 12.2 Å². The van der Waals surface area contributed by atoms with Gasteiger partial charge in [-0.05, 0) is 32.5 Å². The van der Waals surface area contributed by atoms with Gasteiger partial charge >= 0.3 is 0 Å². The highest BCUT2D eigenvalue weighted by molar-refractivity contribution is 5.55. The molecule has 2 rings (SSSR count).